The minimum Gasteiger partial charge on any atom is -0.441 e. The number of carbonyl (C=O) groups excluding carboxylic acids is 1. The third-order valence-corrected chi connectivity index (χ3v) is 4.98. The maximum absolute atomic E-state index is 12.5. The normalized spacial score (nSPS) is 10.7. The van der Waals surface area contributed by atoms with Crippen LogP contribution in [0.3, 0.4) is 0 Å². The summed E-state index contributed by atoms with van der Waals surface area (Å²) in [6.07, 6.45) is 0. The second-order valence-electron chi connectivity index (χ2n) is 5.98. The van der Waals surface area contributed by atoms with E-state index in [2.05, 4.69) is 15.3 Å². The molecule has 134 valence electrons. The minimum atomic E-state index is -0.271. The van der Waals surface area contributed by atoms with Crippen molar-refractivity contribution in [3.63, 3.8) is 0 Å². The molecule has 5 nitrogen and oxygen atoms in total. The standard InChI is InChI=1S/C21H17N3O2S/c1-14-18(24-20(26-14)15-8-4-2-5-9-15)19(25)22-12-17-13-27-21(23-17)16-10-6-3-7-11-16/h2-11,13H,12H2,1H3,(H,22,25). The van der Waals surface area contributed by atoms with Crippen LogP contribution in [0.2, 0.25) is 0 Å². The number of aryl methyl sites for hydroxylation is 1. The van der Waals surface area contributed by atoms with Crippen LogP contribution in [0.1, 0.15) is 21.9 Å². The van der Waals surface area contributed by atoms with Gasteiger partial charge in [-0.1, -0.05) is 48.5 Å². The Hall–Kier alpha value is -3.25. The van der Waals surface area contributed by atoms with Gasteiger partial charge in [0.15, 0.2) is 5.69 Å². The average Bonchev–Trinajstić information content (AvgIpc) is 3.34. The highest BCUT2D eigenvalue weighted by Crippen LogP contribution is 2.24. The number of thiazole rings is 1. The number of carbonyl (C=O) groups is 1. The van der Waals surface area contributed by atoms with Crippen LogP contribution in [0.5, 0.6) is 0 Å². The molecule has 0 aliphatic carbocycles. The Morgan fingerprint density at radius 2 is 1.67 bits per heavy atom. The van der Waals surface area contributed by atoms with Crippen molar-refractivity contribution < 1.29 is 9.21 Å². The molecular weight excluding hydrogens is 358 g/mol. The molecule has 1 N–H and O–H groups in total. The first-order chi connectivity index (χ1) is 13.2. The van der Waals surface area contributed by atoms with Crippen LogP contribution in [-0.4, -0.2) is 15.9 Å². The Morgan fingerprint density at radius 3 is 2.37 bits per heavy atom. The molecular formula is C21H17N3O2S. The van der Waals surface area contributed by atoms with Gasteiger partial charge >= 0.3 is 0 Å². The molecule has 0 saturated heterocycles. The molecule has 0 saturated carbocycles. The predicted octanol–water partition coefficient (Wildman–Crippen LogP) is 4.70. The van der Waals surface area contributed by atoms with Crippen LogP contribution in [0.25, 0.3) is 22.0 Å². The van der Waals surface area contributed by atoms with E-state index in [1.54, 1.807) is 18.3 Å². The summed E-state index contributed by atoms with van der Waals surface area (Å²) in [5.41, 5.74) is 3.02. The lowest BCUT2D eigenvalue weighted by Gasteiger charge is -2.00. The molecule has 0 aliphatic heterocycles. The highest BCUT2D eigenvalue weighted by atomic mass is 32.1. The Kier molecular flexibility index (Phi) is 4.80. The molecule has 0 spiro atoms. The minimum absolute atomic E-state index is 0.271. The summed E-state index contributed by atoms with van der Waals surface area (Å²) >= 11 is 1.56. The second-order valence-corrected chi connectivity index (χ2v) is 6.84. The van der Waals surface area contributed by atoms with Crippen molar-refractivity contribution in [3.8, 4) is 22.0 Å². The van der Waals surface area contributed by atoms with Gasteiger partial charge in [-0.3, -0.25) is 4.79 Å². The number of hydrogen-bond donors (Lipinski definition) is 1. The van der Waals surface area contributed by atoms with Gasteiger partial charge in [0, 0.05) is 16.5 Å². The van der Waals surface area contributed by atoms with E-state index in [1.807, 2.05) is 66.0 Å². The first-order valence-electron chi connectivity index (χ1n) is 8.51. The fourth-order valence-electron chi connectivity index (χ4n) is 2.67. The molecule has 2 heterocycles. The van der Waals surface area contributed by atoms with Crippen molar-refractivity contribution in [2.75, 3.05) is 0 Å². The Labute approximate surface area is 160 Å². The average molecular weight is 375 g/mol. The van der Waals surface area contributed by atoms with Gasteiger partial charge in [0.2, 0.25) is 5.89 Å². The number of benzene rings is 2. The van der Waals surface area contributed by atoms with E-state index in [9.17, 15) is 4.79 Å². The zero-order valence-corrected chi connectivity index (χ0v) is 15.5. The van der Waals surface area contributed by atoms with Crippen molar-refractivity contribution in [1.29, 1.82) is 0 Å². The fraction of sp³-hybridized carbons (Fsp3) is 0.0952. The van der Waals surface area contributed by atoms with E-state index >= 15 is 0 Å². The van der Waals surface area contributed by atoms with Crippen LogP contribution in [0, 0.1) is 6.92 Å². The van der Waals surface area contributed by atoms with Crippen LogP contribution in [-0.2, 0) is 6.54 Å². The molecule has 6 heteroatoms. The number of aromatic nitrogens is 2. The molecule has 4 rings (SSSR count). The predicted molar refractivity (Wildman–Crippen MR) is 105 cm³/mol. The lowest BCUT2D eigenvalue weighted by atomic mass is 10.2. The van der Waals surface area contributed by atoms with Crippen LogP contribution >= 0.6 is 11.3 Å². The topological polar surface area (TPSA) is 68.0 Å². The summed E-state index contributed by atoms with van der Waals surface area (Å²) in [6.45, 7) is 2.08. The monoisotopic (exact) mass is 375 g/mol. The van der Waals surface area contributed by atoms with Crippen molar-refractivity contribution >= 4 is 17.2 Å². The van der Waals surface area contributed by atoms with Gasteiger partial charge in [0.05, 0.1) is 12.2 Å². The van der Waals surface area contributed by atoms with E-state index < -0.39 is 0 Å². The largest absolute Gasteiger partial charge is 0.441 e. The van der Waals surface area contributed by atoms with Gasteiger partial charge in [-0.15, -0.1) is 11.3 Å². The number of rotatable bonds is 5. The molecule has 4 aromatic rings. The first-order valence-corrected chi connectivity index (χ1v) is 9.39. The molecule has 0 radical (unpaired) electrons. The number of hydrogen-bond acceptors (Lipinski definition) is 5. The van der Waals surface area contributed by atoms with Gasteiger partial charge in [0.1, 0.15) is 10.8 Å². The molecule has 0 unspecified atom stereocenters. The molecule has 0 aliphatic rings. The third-order valence-electron chi connectivity index (χ3n) is 4.03. The van der Waals surface area contributed by atoms with Crippen molar-refractivity contribution in [2.45, 2.75) is 13.5 Å². The fourth-order valence-corrected chi connectivity index (χ4v) is 3.49. The molecule has 0 atom stereocenters. The number of amides is 1. The summed E-state index contributed by atoms with van der Waals surface area (Å²) in [7, 11) is 0. The Bertz CT molecular complexity index is 1060. The first kappa shape index (κ1) is 17.2. The highest BCUT2D eigenvalue weighted by Gasteiger charge is 2.18. The number of oxazole rings is 1. The van der Waals surface area contributed by atoms with Crippen LogP contribution in [0.4, 0.5) is 0 Å². The van der Waals surface area contributed by atoms with E-state index in [0.717, 1.165) is 21.8 Å². The Morgan fingerprint density at radius 1 is 1.00 bits per heavy atom. The van der Waals surface area contributed by atoms with Crippen molar-refractivity contribution in [3.05, 3.63) is 83.2 Å². The maximum atomic E-state index is 12.5. The van der Waals surface area contributed by atoms with E-state index in [-0.39, 0.29) is 5.91 Å². The van der Waals surface area contributed by atoms with Crippen molar-refractivity contribution in [2.24, 2.45) is 0 Å². The molecule has 2 aromatic heterocycles. The maximum Gasteiger partial charge on any atom is 0.273 e. The zero-order chi connectivity index (χ0) is 18.6. The molecule has 1 amide bonds. The summed E-state index contributed by atoms with van der Waals surface area (Å²) in [5.74, 6) is 0.667. The van der Waals surface area contributed by atoms with E-state index in [0.29, 0.717) is 23.9 Å². The van der Waals surface area contributed by atoms with Gasteiger partial charge in [-0.05, 0) is 19.1 Å². The SMILES string of the molecule is Cc1oc(-c2ccccc2)nc1C(=O)NCc1csc(-c2ccccc2)n1. The molecule has 0 bridgehead atoms. The van der Waals surface area contributed by atoms with Gasteiger partial charge in [0.25, 0.3) is 5.91 Å². The van der Waals surface area contributed by atoms with Crippen LogP contribution in [0.15, 0.2) is 70.5 Å². The van der Waals surface area contributed by atoms with Gasteiger partial charge in [-0.25, -0.2) is 9.97 Å². The molecule has 2 aromatic carbocycles. The molecule has 0 fully saturated rings. The zero-order valence-electron chi connectivity index (χ0n) is 14.7. The summed E-state index contributed by atoms with van der Waals surface area (Å²) in [4.78, 5) is 21.4. The lowest BCUT2D eigenvalue weighted by Crippen LogP contribution is -2.24. The summed E-state index contributed by atoms with van der Waals surface area (Å²) in [5, 5.41) is 5.75. The lowest BCUT2D eigenvalue weighted by molar-refractivity contribution is 0.0944. The van der Waals surface area contributed by atoms with Gasteiger partial charge < -0.3 is 9.73 Å². The number of nitrogens with zero attached hydrogens (tertiary/aromatic N) is 2. The summed E-state index contributed by atoms with van der Waals surface area (Å²) in [6, 6.07) is 19.5. The highest BCUT2D eigenvalue weighted by molar-refractivity contribution is 7.13. The molecule has 27 heavy (non-hydrogen) atoms. The quantitative estimate of drug-likeness (QED) is 0.549. The van der Waals surface area contributed by atoms with Crippen molar-refractivity contribution in [1.82, 2.24) is 15.3 Å². The van der Waals surface area contributed by atoms with E-state index in [4.69, 9.17) is 4.42 Å². The smallest absolute Gasteiger partial charge is 0.273 e. The second kappa shape index (κ2) is 7.55. The van der Waals surface area contributed by atoms with Crippen LogP contribution < -0.4 is 5.32 Å². The third kappa shape index (κ3) is 3.80. The number of nitrogens with one attached hydrogen (secondary N) is 1. The summed E-state index contributed by atoms with van der Waals surface area (Å²) < 4.78 is 5.65. The van der Waals surface area contributed by atoms with Gasteiger partial charge in [-0.2, -0.15) is 0 Å². The Balaban J connectivity index is 1.45. The van der Waals surface area contributed by atoms with E-state index in [1.165, 1.54) is 0 Å².